The molecule has 16 heterocycles. The highest BCUT2D eigenvalue weighted by Gasteiger charge is 2.51. The lowest BCUT2D eigenvalue weighted by Gasteiger charge is -2.23. The van der Waals surface area contributed by atoms with Crippen molar-refractivity contribution in [1.29, 1.82) is 0 Å². The summed E-state index contributed by atoms with van der Waals surface area (Å²) in [6, 6.07) is 0. The number of rotatable bonds is 20. The van der Waals surface area contributed by atoms with Gasteiger partial charge in [0.25, 0.3) is 5.56 Å². The number of ether oxygens (including phenoxy) is 5. The van der Waals surface area contributed by atoms with Crippen LogP contribution in [0.25, 0.3) is 39.1 Å². The summed E-state index contributed by atoms with van der Waals surface area (Å²) < 4.78 is 112. The predicted molar refractivity (Wildman–Crippen MR) is 401 cm³/mol. The number of nitrogens with zero attached hydrogens (tertiary/aromatic N) is 17. The molecule has 59 nitrogen and oxygen atoms in total. The number of aromatic nitrogens is 17. The molecular weight excluding hydrogens is 1860 g/mol. The number of alkyl halides is 1. The van der Waals surface area contributed by atoms with Crippen molar-refractivity contribution < 1.29 is 164 Å². The second kappa shape index (κ2) is 36.7. The number of fused-ring (bicyclic) bond motifs is 7. The third-order valence-corrected chi connectivity index (χ3v) is 21.9. The van der Waals surface area contributed by atoms with E-state index < -0.39 is 200 Å². The van der Waals surface area contributed by atoms with Gasteiger partial charge >= 0.3 is 39.1 Å². The minimum absolute atomic E-state index is 0.0130. The fourth-order valence-corrected chi connectivity index (χ4v) is 15.5. The van der Waals surface area contributed by atoms with Gasteiger partial charge in [0.2, 0.25) is 11.2 Å². The van der Waals surface area contributed by atoms with Crippen molar-refractivity contribution >= 4 is 164 Å². The number of imidazole rings is 6. The van der Waals surface area contributed by atoms with Gasteiger partial charge in [-0.25, -0.2) is 72.7 Å². The van der Waals surface area contributed by atoms with Gasteiger partial charge in [0.1, 0.15) is 126 Å². The van der Waals surface area contributed by atoms with Crippen LogP contribution in [-0.4, -0.2) is 313 Å². The molecule has 5 saturated heterocycles. The molecule has 7 aliphatic rings. The molecule has 9 aromatic rings. The molecule has 16 rings (SSSR count). The molecule has 0 amide bonds. The van der Waals surface area contributed by atoms with Crippen LogP contribution in [0.4, 0.5) is 23.4 Å². The first kappa shape index (κ1) is 92.2. The number of thiocarbonyl (C=S) groups is 1. The minimum Gasteiger partial charge on any atom is -0.390 e. The van der Waals surface area contributed by atoms with Crippen molar-refractivity contribution in [2.24, 2.45) is 10.7 Å². The van der Waals surface area contributed by atoms with Gasteiger partial charge < -0.3 is 152 Å². The molecule has 660 valence electrons. The second-order valence-electron chi connectivity index (χ2n) is 25.9. The Morgan fingerprint density at radius 2 is 1.02 bits per heavy atom. The molecule has 0 radical (unpaired) electrons. The average Bonchev–Trinajstić information content (AvgIpc) is 1.59. The number of hydrogen-bond acceptors (Lipinski definition) is 42. The zero-order valence-corrected chi connectivity index (χ0v) is 68.1. The van der Waals surface area contributed by atoms with Gasteiger partial charge in [-0.15, -0.1) is 0 Å². The lowest BCUT2D eigenvalue weighted by molar-refractivity contribution is -0.0514. The third kappa shape index (κ3) is 21.0. The number of phosphoric ester groups is 5. The summed E-state index contributed by atoms with van der Waals surface area (Å²) in [7, 11) is -23.6. The van der Waals surface area contributed by atoms with Crippen LogP contribution in [-0.2, 0) is 69.1 Å². The monoisotopic (exact) mass is 1930 g/mol. The Balaban J connectivity index is 0.000000138. The van der Waals surface area contributed by atoms with E-state index in [0.717, 1.165) is 6.33 Å². The molecule has 120 heavy (non-hydrogen) atoms. The van der Waals surface area contributed by atoms with Crippen molar-refractivity contribution in [3.05, 3.63) is 75.8 Å². The smallest absolute Gasteiger partial charge is 0.390 e. The summed E-state index contributed by atoms with van der Waals surface area (Å²) in [4.78, 5) is 146. The zero-order valence-electron chi connectivity index (χ0n) is 59.7. The van der Waals surface area contributed by atoms with Gasteiger partial charge in [-0.3, -0.25) is 59.6 Å². The van der Waals surface area contributed by atoms with Crippen LogP contribution in [0.15, 0.2) is 58.6 Å². The Labute approximate surface area is 688 Å². The molecule has 68 heteroatoms. The van der Waals surface area contributed by atoms with Crippen molar-refractivity contribution in [3.63, 3.8) is 0 Å². The molecule has 5 fully saturated rings. The predicted octanol–water partition coefficient (Wildman–Crippen LogP) is -6.33. The standard InChI is InChI=1S/C12H14N5O6P.C10H13BrN5O8P.C10H13ClN5O7P.C10H15ClN5O7P.C10H15N4O7PS/c18-7-3-9(23-8(7)4-22-24(19,20)21)17-6-14-10-11-13-1-2-16(11)5-15-12(10)17;11-9-13-3-6(14-10(12)15-7(3)19)16(9)8-5(18)4(17)2(24-8)1-23-25(20,21)22;11-10-15-4-7(12)13-2-14-8(4)16(10)9-6(18)5(17)3(23-9)1-22-24(19,20)21;11-7-4-8(15-10(12)14-7)16(2-13-4)9-6(18)5(17)3(23-9)1-22-24(19,20)21;15-6-4(1-20-22(17,18)19)21-10(7(6)16)14-3-13-5-8(14)11-2-12-9(5)23/h1-2,5-9,18H,3-4H2,(H2,19,20,21);2,4-5,8,17-18H,1H2,(H2,20,21,22)(H3,12,14,15,19);2-3,5-6,9,17-18H,1H2,(H2,12,13,14)(H2,19,20,21);2-3,5-7,9,17-18H,1H2,(H3,12,14,15)(H2,19,20,21);3-4,6-7,10-11,15-16H,1-2H2,(H,12,23)(H2,17,18,19)/t;;;;4-,6?,7?,10-/m....0/s1. The molecule has 7 aliphatic heterocycles. The lowest BCUT2D eigenvalue weighted by Crippen LogP contribution is -2.36. The lowest BCUT2D eigenvalue weighted by atomic mass is 10.1. The van der Waals surface area contributed by atoms with Crippen LogP contribution >= 0.6 is 90.5 Å². The number of halogens is 3. The molecule has 0 bridgehead atoms. The van der Waals surface area contributed by atoms with Crippen molar-refractivity contribution in [3.8, 4) is 0 Å². The SMILES string of the molecule is NC1=NC(Cl)c2ncn(C3OC(COP(=O)(O)O)C(O)C3O)c2N1.Nc1nc2c(nc(Br)n2C2OC(COP(=O)(O)O)C(O)C2O)c(=O)[nH]1.Nc1ncnc2c1nc(Cl)n2C1OC(COP(=O)(O)O)C(O)C1O.O=P(O)(O)OCC1OC(n2cnc3c2ncn2ccnc32)CC1O.O=P(O)(O)OC[C@@H]1O[C@H](n2cnc3c2NCNC3=S)C(O)C1O. The first-order chi connectivity index (χ1) is 56.1. The van der Waals surface area contributed by atoms with E-state index in [1.54, 1.807) is 27.7 Å². The number of hydrogen-bond donors (Lipinski definition) is 26. The summed E-state index contributed by atoms with van der Waals surface area (Å²) >= 11 is 20.3. The van der Waals surface area contributed by atoms with Crippen LogP contribution < -0.4 is 38.7 Å². The van der Waals surface area contributed by atoms with Gasteiger partial charge in [0.05, 0.1) is 64.8 Å². The fourth-order valence-electron chi connectivity index (χ4n) is 12.5. The van der Waals surface area contributed by atoms with E-state index in [1.807, 2.05) is 0 Å². The van der Waals surface area contributed by atoms with Crippen molar-refractivity contribution in [1.82, 2.24) is 87.4 Å². The third-order valence-electron chi connectivity index (χ3n) is 18.0. The Morgan fingerprint density at radius 3 is 1.56 bits per heavy atom. The number of anilines is 4. The van der Waals surface area contributed by atoms with E-state index in [0.29, 0.717) is 51.5 Å². The van der Waals surface area contributed by atoms with Crippen LogP contribution in [0, 0.1) is 0 Å². The van der Waals surface area contributed by atoms with E-state index in [4.69, 9.17) is 125 Å². The second-order valence-corrected chi connectivity index (χ2v) is 34.0. The van der Waals surface area contributed by atoms with E-state index in [-0.39, 0.29) is 56.5 Å². The number of nitrogens with one attached hydrogen (secondary N) is 4. The van der Waals surface area contributed by atoms with Gasteiger partial charge in [0, 0.05) is 18.8 Å². The van der Waals surface area contributed by atoms with E-state index in [9.17, 15) is 73.6 Å². The van der Waals surface area contributed by atoms with Crippen molar-refractivity contribution in [2.45, 2.75) is 129 Å². The van der Waals surface area contributed by atoms with Crippen LogP contribution in [0.1, 0.15) is 54.4 Å². The first-order valence-corrected chi connectivity index (χ1v) is 43.3. The molecule has 0 spiro atoms. The molecule has 9 aromatic heterocycles. The van der Waals surface area contributed by atoms with E-state index in [1.165, 1.54) is 37.3 Å². The molecule has 0 saturated carbocycles. The maximum Gasteiger partial charge on any atom is 0.469 e. The summed E-state index contributed by atoms with van der Waals surface area (Å²) in [6.45, 7) is -2.52. The number of aliphatic imine (C=N–C) groups is 1. The minimum atomic E-state index is -4.78. The van der Waals surface area contributed by atoms with E-state index in [2.05, 4.69) is 114 Å². The molecule has 0 aliphatic carbocycles. The number of nitrogen functional groups attached to an aromatic ring is 2. The topological polar surface area (TPSA) is 879 Å². The van der Waals surface area contributed by atoms with Gasteiger partial charge in [0.15, 0.2) is 86.1 Å². The van der Waals surface area contributed by atoms with E-state index >= 15 is 0 Å². The number of aliphatic hydroxyl groups is 9. The fraction of sp³-hybridized carbons (Fsp3) is 0.519. The summed E-state index contributed by atoms with van der Waals surface area (Å²) in [5.74, 6) is 0.756. The Bertz CT molecular complexity index is 5570. The number of guanidine groups is 1. The van der Waals surface area contributed by atoms with Crippen LogP contribution in [0.5, 0.6) is 0 Å². The Kier molecular flexibility index (Phi) is 28.2. The molecular formula is C52H70BrCl2N24O35P5S. The van der Waals surface area contributed by atoms with Crippen LogP contribution in [0.3, 0.4) is 0 Å². The molecule has 18 unspecified atom stereocenters. The Morgan fingerprint density at radius 1 is 0.525 bits per heavy atom. The quantitative estimate of drug-likeness (QED) is 0.0111. The highest BCUT2D eigenvalue weighted by Crippen LogP contribution is 2.46. The molecule has 20 atom stereocenters. The number of aromatic amines is 1. The largest absolute Gasteiger partial charge is 0.469 e. The van der Waals surface area contributed by atoms with Crippen LogP contribution in [0.2, 0.25) is 5.28 Å². The summed E-state index contributed by atoms with van der Waals surface area (Å²) in [6.07, 6.45) is -12.5. The number of nitrogens with two attached hydrogens (primary N) is 3. The number of aliphatic hydroxyl groups excluding tert-OH is 9. The summed E-state index contributed by atoms with van der Waals surface area (Å²) in [5.41, 5.74) is 18.2. The van der Waals surface area contributed by atoms with Gasteiger partial charge in [-0.2, -0.15) is 4.98 Å². The molecule has 29 N–H and O–H groups in total. The average molecular weight is 1930 g/mol. The Hall–Kier alpha value is -6.98. The number of phosphoric acid groups is 5. The van der Waals surface area contributed by atoms with Gasteiger partial charge in [-0.1, -0.05) is 23.8 Å². The normalized spacial score (nSPS) is 28.8. The zero-order chi connectivity index (χ0) is 87.5. The maximum absolute atomic E-state index is 11.9. The molecule has 0 aromatic carbocycles. The highest BCUT2D eigenvalue weighted by molar-refractivity contribution is 9.10. The van der Waals surface area contributed by atoms with Gasteiger partial charge in [-0.05, 0) is 27.5 Å². The first-order valence-electron chi connectivity index (χ1n) is 33.7. The maximum atomic E-state index is 11.9. The van der Waals surface area contributed by atoms with Crippen molar-refractivity contribution in [2.75, 3.05) is 61.8 Å². The highest BCUT2D eigenvalue weighted by atomic mass is 79.9. The number of H-pyrrole nitrogens is 1. The summed E-state index contributed by atoms with van der Waals surface area (Å²) in [5, 5.41) is 99.2.